The zero-order valence-corrected chi connectivity index (χ0v) is 37.5. The van der Waals surface area contributed by atoms with E-state index in [1.54, 1.807) is 0 Å². The summed E-state index contributed by atoms with van der Waals surface area (Å²) in [6.45, 7) is 12.0. The minimum atomic E-state index is -0.315. The predicted molar refractivity (Wildman–Crippen MR) is 275 cm³/mol. The largest absolute Gasteiger partial charge is 0.334 e. The summed E-state index contributed by atoms with van der Waals surface area (Å²) < 4.78 is 0. The maximum absolute atomic E-state index is 2.65. The Labute approximate surface area is 378 Å². The zero-order chi connectivity index (χ0) is 43.6. The van der Waals surface area contributed by atoms with Crippen LogP contribution in [0.5, 0.6) is 0 Å². The highest BCUT2D eigenvalue weighted by molar-refractivity contribution is 5.92. The lowest BCUT2D eigenvalue weighted by Gasteiger charge is -2.46. The lowest BCUT2D eigenvalue weighted by Crippen LogP contribution is -2.43. The quantitative estimate of drug-likeness (QED) is 0.136. The van der Waals surface area contributed by atoms with E-state index in [0.717, 1.165) is 12.8 Å². The zero-order valence-electron chi connectivity index (χ0n) is 37.5. The molecular weight excluding hydrogens is 773 g/mol. The molecule has 2 nitrogen and oxygen atoms in total. The number of hydrogen-bond donors (Lipinski definition) is 0. The molecule has 312 valence electrons. The number of anilines is 4. The average molecular weight is 827 g/mol. The van der Waals surface area contributed by atoms with Gasteiger partial charge in [0.25, 0.3) is 0 Å². The first-order valence-corrected chi connectivity index (χ1v) is 23.1. The van der Waals surface area contributed by atoms with Gasteiger partial charge in [0.15, 0.2) is 0 Å². The van der Waals surface area contributed by atoms with Gasteiger partial charge in [0.05, 0.1) is 11.6 Å². The highest BCUT2D eigenvalue weighted by Gasteiger charge is 2.41. The van der Waals surface area contributed by atoms with Gasteiger partial charge >= 0.3 is 0 Å². The fourth-order valence-electron chi connectivity index (χ4n) is 11.1. The summed E-state index contributed by atoms with van der Waals surface area (Å²) in [7, 11) is 0. The molecule has 0 saturated heterocycles. The van der Waals surface area contributed by atoms with E-state index >= 15 is 0 Å². The van der Waals surface area contributed by atoms with Gasteiger partial charge in [-0.3, -0.25) is 0 Å². The molecule has 0 bridgehead atoms. The van der Waals surface area contributed by atoms with Crippen molar-refractivity contribution in [2.24, 2.45) is 0 Å². The number of nitrogens with zero attached hydrogens (tertiary/aromatic N) is 2. The summed E-state index contributed by atoms with van der Waals surface area (Å²) >= 11 is 0. The van der Waals surface area contributed by atoms with Gasteiger partial charge < -0.3 is 9.80 Å². The van der Waals surface area contributed by atoms with Crippen LogP contribution in [0.25, 0.3) is 54.2 Å². The van der Waals surface area contributed by atoms with Gasteiger partial charge in [-0.15, -0.1) is 0 Å². The van der Waals surface area contributed by atoms with Crippen LogP contribution in [0.4, 0.5) is 22.7 Å². The SMILES string of the molecule is CCC(CC)(c1ccc2c(c1)C(C)(C)c1cc(C(C)N(c3ccc4ccccc4c3)c3ccc4ccccc4c3)ccc1-2)N(c1ccc2ccccc2c1)c1ccc2ccccc2c1. The number of fused-ring (bicyclic) bond motifs is 7. The minimum absolute atomic E-state index is 0.0630. The molecule has 0 aromatic heterocycles. The van der Waals surface area contributed by atoms with Crippen molar-refractivity contribution in [3.63, 3.8) is 0 Å². The fourth-order valence-corrected chi connectivity index (χ4v) is 11.1. The highest BCUT2D eigenvalue weighted by Crippen LogP contribution is 2.53. The lowest BCUT2D eigenvalue weighted by molar-refractivity contribution is 0.403. The molecule has 1 atom stereocenters. The van der Waals surface area contributed by atoms with E-state index in [4.69, 9.17) is 0 Å². The van der Waals surface area contributed by atoms with Crippen molar-refractivity contribution in [3.8, 4) is 11.1 Å². The molecule has 1 aliphatic carbocycles. The Bertz CT molecular complexity index is 3230. The van der Waals surface area contributed by atoms with Crippen LogP contribution in [0, 0.1) is 0 Å². The maximum Gasteiger partial charge on any atom is 0.0697 e. The molecule has 10 aromatic rings. The van der Waals surface area contributed by atoms with Gasteiger partial charge in [-0.2, -0.15) is 0 Å². The molecular formula is C62H54N2. The summed E-state index contributed by atoms with van der Waals surface area (Å²) in [4.78, 5) is 5.18. The number of rotatable bonds is 10. The van der Waals surface area contributed by atoms with E-state index in [2.05, 4.69) is 251 Å². The van der Waals surface area contributed by atoms with Crippen LogP contribution in [0.1, 0.15) is 75.8 Å². The first kappa shape index (κ1) is 39.7. The van der Waals surface area contributed by atoms with Gasteiger partial charge in [0.2, 0.25) is 0 Å². The predicted octanol–water partition coefficient (Wildman–Crippen LogP) is 17.4. The van der Waals surface area contributed by atoms with Crippen LogP contribution < -0.4 is 9.80 Å². The highest BCUT2D eigenvalue weighted by atomic mass is 15.2. The molecule has 0 amide bonds. The third-order valence-electron chi connectivity index (χ3n) is 14.7. The van der Waals surface area contributed by atoms with Crippen LogP contribution in [0.15, 0.2) is 206 Å². The summed E-state index contributed by atoms with van der Waals surface area (Å²) in [5, 5.41) is 10.0. The van der Waals surface area contributed by atoms with Crippen molar-refractivity contribution in [3.05, 3.63) is 229 Å². The van der Waals surface area contributed by atoms with Crippen molar-refractivity contribution in [2.45, 2.75) is 64.5 Å². The molecule has 1 aliphatic rings. The van der Waals surface area contributed by atoms with Gasteiger partial charge in [-0.05, 0) is 145 Å². The molecule has 0 spiro atoms. The van der Waals surface area contributed by atoms with Gasteiger partial charge in [-0.25, -0.2) is 0 Å². The Kier molecular flexibility index (Phi) is 9.65. The third-order valence-corrected chi connectivity index (χ3v) is 14.7. The van der Waals surface area contributed by atoms with Crippen LogP contribution in [0.2, 0.25) is 0 Å². The van der Waals surface area contributed by atoms with Crippen molar-refractivity contribution >= 4 is 65.8 Å². The second-order valence-electron chi connectivity index (χ2n) is 18.4. The van der Waals surface area contributed by atoms with Crippen molar-refractivity contribution in [1.29, 1.82) is 0 Å². The van der Waals surface area contributed by atoms with Crippen LogP contribution in [0.3, 0.4) is 0 Å². The summed E-state index contributed by atoms with van der Waals surface area (Å²) in [5.41, 5.74) is 12.4. The van der Waals surface area contributed by atoms with E-state index < -0.39 is 0 Å². The van der Waals surface area contributed by atoms with E-state index in [0.29, 0.717) is 0 Å². The van der Waals surface area contributed by atoms with E-state index in [1.165, 1.54) is 99.2 Å². The maximum atomic E-state index is 2.65. The minimum Gasteiger partial charge on any atom is -0.334 e. The van der Waals surface area contributed by atoms with Crippen LogP contribution in [-0.4, -0.2) is 0 Å². The second-order valence-corrected chi connectivity index (χ2v) is 18.4. The summed E-state index contributed by atoms with van der Waals surface area (Å²) in [6, 6.07) is 77.4. The normalized spacial score (nSPS) is 13.6. The van der Waals surface area contributed by atoms with Crippen molar-refractivity contribution in [2.75, 3.05) is 9.80 Å². The molecule has 11 rings (SSSR count). The molecule has 0 fully saturated rings. The first-order chi connectivity index (χ1) is 31.3. The molecule has 0 N–H and O–H groups in total. The van der Waals surface area contributed by atoms with Gasteiger partial charge in [-0.1, -0.05) is 185 Å². The smallest absolute Gasteiger partial charge is 0.0697 e. The van der Waals surface area contributed by atoms with E-state index in [-0.39, 0.29) is 17.0 Å². The summed E-state index contributed by atoms with van der Waals surface area (Å²) in [6.07, 6.45) is 1.88. The molecule has 0 heterocycles. The monoisotopic (exact) mass is 826 g/mol. The van der Waals surface area contributed by atoms with Gasteiger partial charge in [0, 0.05) is 28.2 Å². The number of hydrogen-bond acceptors (Lipinski definition) is 2. The molecule has 0 radical (unpaired) electrons. The molecule has 1 unspecified atom stereocenters. The Morgan fingerprint density at radius 3 is 1.22 bits per heavy atom. The fraction of sp³-hybridized carbons (Fsp3) is 0.161. The van der Waals surface area contributed by atoms with Crippen LogP contribution >= 0.6 is 0 Å². The molecule has 0 saturated carbocycles. The van der Waals surface area contributed by atoms with E-state index in [9.17, 15) is 0 Å². The molecule has 64 heavy (non-hydrogen) atoms. The molecule has 2 heteroatoms. The van der Waals surface area contributed by atoms with Gasteiger partial charge in [0.1, 0.15) is 0 Å². The first-order valence-electron chi connectivity index (χ1n) is 23.1. The second kappa shape index (κ2) is 15.6. The standard InChI is InChI=1S/C62H54N2/c1-6-62(7-2,64(55-32-26-45-18-10-14-22-50(45)38-55)56-33-27-46-19-11-15-23-51(46)39-56)52-29-35-58-57-34-28-47(40-59(57)61(4,5)60(58)41-52)42(3)63(53-30-24-43-16-8-12-20-48(43)36-53)54-31-25-44-17-9-13-21-49(44)37-54/h8-42H,6-7H2,1-5H3. The Hall–Kier alpha value is -7.16. The average Bonchev–Trinajstić information content (AvgIpc) is 3.57. The topological polar surface area (TPSA) is 6.48 Å². The summed E-state index contributed by atoms with van der Waals surface area (Å²) in [5.74, 6) is 0. The van der Waals surface area contributed by atoms with E-state index in [1.807, 2.05) is 0 Å². The Morgan fingerprint density at radius 2 is 0.781 bits per heavy atom. The molecule has 10 aromatic carbocycles. The Balaban J connectivity index is 1.02. The lowest BCUT2D eigenvalue weighted by atomic mass is 9.77. The van der Waals surface area contributed by atoms with Crippen molar-refractivity contribution in [1.82, 2.24) is 0 Å². The van der Waals surface area contributed by atoms with Crippen LogP contribution in [-0.2, 0) is 11.0 Å². The third kappa shape index (κ3) is 6.46. The molecule has 0 aliphatic heterocycles. The number of benzene rings is 10. The Morgan fingerprint density at radius 1 is 0.406 bits per heavy atom. The van der Waals surface area contributed by atoms with Crippen molar-refractivity contribution < 1.29 is 0 Å².